The average molecular weight is 208 g/mol. The molecule has 1 heterocycles. The lowest BCUT2D eigenvalue weighted by Crippen LogP contribution is -2.25. The van der Waals surface area contributed by atoms with Crippen molar-refractivity contribution in [3.05, 3.63) is 17.5 Å². The number of nitrogens with one attached hydrogen (secondary N) is 1. The maximum Gasteiger partial charge on any atom is 0.270 e. The van der Waals surface area contributed by atoms with Crippen molar-refractivity contribution in [1.29, 1.82) is 0 Å². The first-order valence-electron chi connectivity index (χ1n) is 5.03. The van der Waals surface area contributed by atoms with E-state index in [9.17, 15) is 4.79 Å². The number of anilines is 1. The molecule has 3 N–H and O–H groups in total. The maximum absolute atomic E-state index is 11.6. The summed E-state index contributed by atoms with van der Waals surface area (Å²) in [6.45, 7) is 4.51. The van der Waals surface area contributed by atoms with Crippen molar-refractivity contribution >= 4 is 11.9 Å². The standard InChI is InChI=1S/C10H16N4O/c1-3-4-5-12-9(15)8-6-7(2)13-10(11)14-8/h6H,3-5H2,1-2H3,(H,12,15)(H2,11,13,14). The zero-order valence-corrected chi connectivity index (χ0v) is 9.08. The summed E-state index contributed by atoms with van der Waals surface area (Å²) < 4.78 is 0. The van der Waals surface area contributed by atoms with Crippen LogP contribution in [0.2, 0.25) is 0 Å². The van der Waals surface area contributed by atoms with Gasteiger partial charge in [0.1, 0.15) is 5.69 Å². The van der Waals surface area contributed by atoms with Gasteiger partial charge in [-0.1, -0.05) is 13.3 Å². The molecule has 82 valence electrons. The molecule has 0 unspecified atom stereocenters. The van der Waals surface area contributed by atoms with Gasteiger partial charge in [0.25, 0.3) is 5.91 Å². The van der Waals surface area contributed by atoms with E-state index in [1.807, 2.05) is 0 Å². The van der Waals surface area contributed by atoms with Crippen LogP contribution >= 0.6 is 0 Å². The number of hydrogen-bond donors (Lipinski definition) is 2. The predicted molar refractivity (Wildman–Crippen MR) is 58.4 cm³/mol. The first-order chi connectivity index (χ1) is 7.13. The van der Waals surface area contributed by atoms with Gasteiger partial charge in [-0.3, -0.25) is 4.79 Å². The second-order valence-electron chi connectivity index (χ2n) is 3.36. The van der Waals surface area contributed by atoms with Gasteiger partial charge in [-0.15, -0.1) is 0 Å². The van der Waals surface area contributed by atoms with Crippen LogP contribution in [-0.2, 0) is 0 Å². The van der Waals surface area contributed by atoms with Crippen LogP contribution in [0.25, 0.3) is 0 Å². The van der Waals surface area contributed by atoms with Crippen LogP contribution in [-0.4, -0.2) is 22.4 Å². The third kappa shape index (κ3) is 3.53. The summed E-state index contributed by atoms with van der Waals surface area (Å²) in [5.41, 5.74) is 6.48. The van der Waals surface area contributed by atoms with Crippen LogP contribution in [0.15, 0.2) is 6.07 Å². The number of aryl methyl sites for hydroxylation is 1. The molecule has 1 amide bonds. The van der Waals surface area contributed by atoms with Gasteiger partial charge in [0.05, 0.1) is 0 Å². The van der Waals surface area contributed by atoms with Crippen LogP contribution in [0, 0.1) is 6.92 Å². The van der Waals surface area contributed by atoms with E-state index in [0.29, 0.717) is 17.9 Å². The minimum Gasteiger partial charge on any atom is -0.368 e. The molecule has 0 radical (unpaired) electrons. The van der Waals surface area contributed by atoms with Crippen molar-refractivity contribution in [3.8, 4) is 0 Å². The van der Waals surface area contributed by atoms with E-state index >= 15 is 0 Å². The van der Waals surface area contributed by atoms with Crippen LogP contribution < -0.4 is 11.1 Å². The van der Waals surface area contributed by atoms with E-state index in [0.717, 1.165) is 12.8 Å². The van der Waals surface area contributed by atoms with Crippen molar-refractivity contribution in [1.82, 2.24) is 15.3 Å². The zero-order chi connectivity index (χ0) is 11.3. The summed E-state index contributed by atoms with van der Waals surface area (Å²) in [7, 11) is 0. The van der Waals surface area contributed by atoms with Gasteiger partial charge in [-0.05, 0) is 19.4 Å². The highest BCUT2D eigenvalue weighted by molar-refractivity contribution is 5.92. The van der Waals surface area contributed by atoms with E-state index in [-0.39, 0.29) is 11.9 Å². The molecule has 0 aliphatic rings. The fourth-order valence-corrected chi connectivity index (χ4v) is 1.18. The molecular weight excluding hydrogens is 192 g/mol. The molecule has 0 atom stereocenters. The molecule has 0 saturated carbocycles. The van der Waals surface area contributed by atoms with Crippen LogP contribution in [0.5, 0.6) is 0 Å². The largest absolute Gasteiger partial charge is 0.368 e. The molecule has 0 aliphatic heterocycles. The Kier molecular flexibility index (Phi) is 4.03. The van der Waals surface area contributed by atoms with Gasteiger partial charge in [0, 0.05) is 12.2 Å². The molecule has 5 heteroatoms. The Labute approximate surface area is 89.1 Å². The molecule has 5 nitrogen and oxygen atoms in total. The van der Waals surface area contributed by atoms with Crippen LogP contribution in [0.4, 0.5) is 5.95 Å². The van der Waals surface area contributed by atoms with Crippen molar-refractivity contribution in [3.63, 3.8) is 0 Å². The first kappa shape index (κ1) is 11.4. The summed E-state index contributed by atoms with van der Waals surface area (Å²) in [4.78, 5) is 19.3. The number of hydrogen-bond acceptors (Lipinski definition) is 4. The molecule has 0 aromatic carbocycles. The maximum atomic E-state index is 11.6. The molecule has 0 saturated heterocycles. The van der Waals surface area contributed by atoms with E-state index in [2.05, 4.69) is 22.2 Å². The summed E-state index contributed by atoms with van der Waals surface area (Å²) in [5.74, 6) is -0.0590. The van der Waals surface area contributed by atoms with Crippen molar-refractivity contribution in [2.75, 3.05) is 12.3 Å². The van der Waals surface area contributed by atoms with E-state index in [1.54, 1.807) is 13.0 Å². The molecule has 0 fully saturated rings. The Balaban J connectivity index is 2.65. The lowest BCUT2D eigenvalue weighted by Gasteiger charge is -2.04. The van der Waals surface area contributed by atoms with Crippen LogP contribution in [0.3, 0.4) is 0 Å². The molecular formula is C10H16N4O. The van der Waals surface area contributed by atoms with E-state index in [1.165, 1.54) is 0 Å². The molecule has 0 spiro atoms. The number of rotatable bonds is 4. The van der Waals surface area contributed by atoms with Gasteiger partial charge in [-0.2, -0.15) is 0 Å². The SMILES string of the molecule is CCCCNC(=O)c1cc(C)nc(N)n1. The second kappa shape index (κ2) is 5.29. The van der Waals surface area contributed by atoms with Gasteiger partial charge < -0.3 is 11.1 Å². The third-order valence-electron chi connectivity index (χ3n) is 1.92. The second-order valence-corrected chi connectivity index (χ2v) is 3.36. The number of nitrogens with two attached hydrogens (primary N) is 1. The third-order valence-corrected chi connectivity index (χ3v) is 1.92. The predicted octanol–water partition coefficient (Wildman–Crippen LogP) is 0.897. The monoisotopic (exact) mass is 208 g/mol. The molecule has 0 aliphatic carbocycles. The van der Waals surface area contributed by atoms with Crippen molar-refractivity contribution in [2.45, 2.75) is 26.7 Å². The van der Waals surface area contributed by atoms with Gasteiger partial charge in [-0.25, -0.2) is 9.97 Å². The van der Waals surface area contributed by atoms with Gasteiger partial charge >= 0.3 is 0 Å². The lowest BCUT2D eigenvalue weighted by atomic mass is 10.3. The Morgan fingerprint density at radius 3 is 2.87 bits per heavy atom. The number of aromatic nitrogens is 2. The Morgan fingerprint density at radius 2 is 2.27 bits per heavy atom. The number of carbonyl (C=O) groups excluding carboxylic acids is 1. The fraction of sp³-hybridized carbons (Fsp3) is 0.500. The van der Waals surface area contributed by atoms with Gasteiger partial charge in [0.2, 0.25) is 5.95 Å². The Morgan fingerprint density at radius 1 is 1.53 bits per heavy atom. The molecule has 15 heavy (non-hydrogen) atoms. The molecule has 0 bridgehead atoms. The fourth-order valence-electron chi connectivity index (χ4n) is 1.18. The zero-order valence-electron chi connectivity index (χ0n) is 9.08. The van der Waals surface area contributed by atoms with Gasteiger partial charge in [0.15, 0.2) is 0 Å². The van der Waals surface area contributed by atoms with Crippen molar-refractivity contribution < 1.29 is 4.79 Å². The number of carbonyl (C=O) groups is 1. The molecule has 1 rings (SSSR count). The normalized spacial score (nSPS) is 10.0. The Hall–Kier alpha value is -1.65. The summed E-state index contributed by atoms with van der Waals surface area (Å²) in [5, 5.41) is 2.77. The first-order valence-corrected chi connectivity index (χ1v) is 5.03. The highest BCUT2D eigenvalue weighted by Gasteiger charge is 2.08. The number of nitrogen functional groups attached to an aromatic ring is 1. The average Bonchev–Trinajstić information content (AvgIpc) is 2.16. The topological polar surface area (TPSA) is 80.9 Å². The van der Waals surface area contributed by atoms with E-state index in [4.69, 9.17) is 5.73 Å². The number of nitrogens with zero attached hydrogens (tertiary/aromatic N) is 2. The summed E-state index contributed by atoms with van der Waals surface area (Å²) >= 11 is 0. The number of amides is 1. The minimum atomic E-state index is -0.194. The summed E-state index contributed by atoms with van der Waals surface area (Å²) in [6.07, 6.45) is 2.01. The quantitative estimate of drug-likeness (QED) is 0.720. The minimum absolute atomic E-state index is 0.135. The summed E-state index contributed by atoms with van der Waals surface area (Å²) in [6, 6.07) is 1.62. The molecule has 1 aromatic heterocycles. The van der Waals surface area contributed by atoms with Crippen LogP contribution in [0.1, 0.15) is 35.9 Å². The van der Waals surface area contributed by atoms with Crippen molar-refractivity contribution in [2.24, 2.45) is 0 Å². The number of unbranched alkanes of at least 4 members (excludes halogenated alkanes) is 1. The highest BCUT2D eigenvalue weighted by Crippen LogP contribution is 2.01. The lowest BCUT2D eigenvalue weighted by molar-refractivity contribution is 0.0948. The smallest absolute Gasteiger partial charge is 0.270 e. The molecule has 1 aromatic rings. The van der Waals surface area contributed by atoms with E-state index < -0.39 is 0 Å². The highest BCUT2D eigenvalue weighted by atomic mass is 16.1. The Bertz CT molecular complexity index is 331.